The number of carbonyl (C=O) groups is 3. The number of aromatic nitrogens is 1. The van der Waals surface area contributed by atoms with E-state index in [-0.39, 0.29) is 17.7 Å². The van der Waals surface area contributed by atoms with Gasteiger partial charge in [-0.25, -0.2) is 9.59 Å². The van der Waals surface area contributed by atoms with Crippen molar-refractivity contribution in [3.05, 3.63) is 83.0 Å². The van der Waals surface area contributed by atoms with Gasteiger partial charge in [-0.15, -0.1) is 0 Å². The van der Waals surface area contributed by atoms with Crippen LogP contribution in [0.4, 0.5) is 37.7 Å². The molecule has 17 heteroatoms. The monoisotopic (exact) mass is 750 g/mol. The minimum atomic E-state index is -5.34. The molecule has 1 aromatic heterocycles. The summed E-state index contributed by atoms with van der Waals surface area (Å²) in [4.78, 5) is 40.1. The summed E-state index contributed by atoms with van der Waals surface area (Å²) in [7, 11) is 0. The Kier molecular flexibility index (Phi) is 12.8. The zero-order valence-corrected chi connectivity index (χ0v) is 28.9. The van der Waals surface area contributed by atoms with Gasteiger partial charge in [0.25, 0.3) is 5.91 Å². The maximum absolute atomic E-state index is 13.3. The molecule has 3 aromatic carbocycles. The number of esters is 2. The zero-order valence-electron chi connectivity index (χ0n) is 28.9. The van der Waals surface area contributed by atoms with E-state index in [1.165, 1.54) is 13.1 Å². The number of nitrogens with two attached hydrogens (primary N) is 1. The average molecular weight is 751 g/mol. The van der Waals surface area contributed by atoms with E-state index in [4.69, 9.17) is 19.9 Å². The van der Waals surface area contributed by atoms with Crippen molar-refractivity contribution in [2.24, 2.45) is 5.73 Å². The Morgan fingerprint density at radius 2 is 1.49 bits per heavy atom. The molecule has 0 aliphatic heterocycles. The number of primary amides is 1. The molecular formula is C36H36F6N4O7. The number of benzene rings is 3. The number of nitrogens with one attached hydrogen (secondary N) is 2. The molecule has 53 heavy (non-hydrogen) atoms. The second kappa shape index (κ2) is 16.8. The van der Waals surface area contributed by atoms with Crippen molar-refractivity contribution >= 4 is 40.1 Å². The van der Waals surface area contributed by atoms with Crippen LogP contribution in [0.2, 0.25) is 0 Å². The fourth-order valence-corrected chi connectivity index (χ4v) is 5.44. The van der Waals surface area contributed by atoms with Crippen molar-refractivity contribution in [3.8, 4) is 17.2 Å². The number of hydrogen-bond donors (Lipinski definition) is 3. The number of ether oxygens (including phenoxy) is 4. The molecule has 1 heterocycles. The maximum atomic E-state index is 13.3. The molecule has 0 unspecified atom stereocenters. The van der Waals surface area contributed by atoms with Crippen LogP contribution in [0.3, 0.4) is 0 Å². The van der Waals surface area contributed by atoms with Gasteiger partial charge in [0.2, 0.25) is 0 Å². The number of halogens is 6. The fraction of sp³-hybridized carbons (Fsp3) is 0.333. The van der Waals surface area contributed by atoms with Gasteiger partial charge in [-0.05, 0) is 68.1 Å². The Labute approximate surface area is 299 Å². The van der Waals surface area contributed by atoms with Crippen LogP contribution in [0.1, 0.15) is 60.8 Å². The average Bonchev–Trinajstić information content (AvgIpc) is 3.09. The Bertz CT molecular complexity index is 1950. The van der Waals surface area contributed by atoms with E-state index in [0.717, 1.165) is 29.8 Å². The van der Waals surface area contributed by atoms with Gasteiger partial charge in [-0.2, -0.15) is 26.3 Å². The molecule has 0 bridgehead atoms. The molecule has 0 spiro atoms. The summed E-state index contributed by atoms with van der Waals surface area (Å²) in [6, 6.07) is 11.7. The largest absolute Gasteiger partial charge is 0.491 e. The first-order valence-corrected chi connectivity index (χ1v) is 16.3. The minimum Gasteiger partial charge on any atom is -0.490 e. The van der Waals surface area contributed by atoms with Crippen molar-refractivity contribution in [2.45, 2.75) is 65.2 Å². The Hall–Kier alpha value is -5.58. The highest BCUT2D eigenvalue weighted by atomic mass is 19.4. The number of pyridine rings is 1. The van der Waals surface area contributed by atoms with Crippen LogP contribution in [0.15, 0.2) is 60.8 Å². The first-order valence-electron chi connectivity index (χ1n) is 16.3. The summed E-state index contributed by atoms with van der Waals surface area (Å²) in [6.07, 6.45) is -10.4. The predicted molar refractivity (Wildman–Crippen MR) is 181 cm³/mol. The lowest BCUT2D eigenvalue weighted by Crippen LogP contribution is -2.37. The van der Waals surface area contributed by atoms with Crippen LogP contribution in [0, 0.1) is 0 Å². The summed E-state index contributed by atoms with van der Waals surface area (Å²) < 4.78 is 98.2. The summed E-state index contributed by atoms with van der Waals surface area (Å²) in [5.41, 5.74) is 8.66. The number of amides is 1. The van der Waals surface area contributed by atoms with E-state index < -0.39 is 48.1 Å². The van der Waals surface area contributed by atoms with E-state index in [1.807, 2.05) is 20.8 Å². The molecule has 4 rings (SSSR count). The van der Waals surface area contributed by atoms with Gasteiger partial charge in [0, 0.05) is 35.9 Å². The van der Waals surface area contributed by atoms with Crippen LogP contribution >= 0.6 is 0 Å². The SMILES string of the molecule is CCOc1cc2ncc(C(N)=O)c(Nc3cccc(CN[C@H](C)[C@@H](OC(=O)C(F)(F)F)c4ccc(OC(=O)C(F)(F)F)cc4)c3CC)c2cc1OCC. The Morgan fingerprint density at radius 1 is 0.868 bits per heavy atom. The van der Waals surface area contributed by atoms with E-state index >= 15 is 0 Å². The number of nitrogens with zero attached hydrogens (tertiary/aromatic N) is 1. The smallest absolute Gasteiger partial charge is 0.490 e. The van der Waals surface area contributed by atoms with Gasteiger partial charge < -0.3 is 35.3 Å². The third kappa shape index (κ3) is 9.85. The molecule has 0 saturated heterocycles. The highest BCUT2D eigenvalue weighted by Gasteiger charge is 2.44. The summed E-state index contributed by atoms with van der Waals surface area (Å²) in [6.45, 7) is 7.71. The number of fused-ring (bicyclic) bond motifs is 1. The van der Waals surface area contributed by atoms with Crippen LogP contribution in [-0.2, 0) is 27.3 Å². The van der Waals surface area contributed by atoms with Crippen molar-refractivity contribution in [2.75, 3.05) is 18.5 Å². The van der Waals surface area contributed by atoms with Crippen LogP contribution < -0.4 is 30.6 Å². The number of rotatable bonds is 15. The van der Waals surface area contributed by atoms with Gasteiger partial charge >= 0.3 is 24.3 Å². The normalized spacial score (nSPS) is 12.9. The van der Waals surface area contributed by atoms with Gasteiger partial charge in [0.05, 0.1) is 30.0 Å². The van der Waals surface area contributed by atoms with Crippen molar-refractivity contribution in [3.63, 3.8) is 0 Å². The number of alkyl halides is 6. The lowest BCUT2D eigenvalue weighted by Gasteiger charge is -2.27. The van der Waals surface area contributed by atoms with Crippen molar-refractivity contribution in [1.82, 2.24) is 10.3 Å². The first kappa shape index (κ1) is 40.2. The number of anilines is 2. The maximum Gasteiger partial charge on any atom is 0.491 e. The molecule has 0 saturated carbocycles. The quantitative estimate of drug-likeness (QED) is 0.0645. The molecule has 4 N–H and O–H groups in total. The molecule has 0 aliphatic rings. The fourth-order valence-electron chi connectivity index (χ4n) is 5.44. The molecule has 284 valence electrons. The van der Waals surface area contributed by atoms with E-state index in [9.17, 15) is 40.7 Å². The Morgan fingerprint density at radius 3 is 2.06 bits per heavy atom. The second-order valence-corrected chi connectivity index (χ2v) is 11.5. The summed E-state index contributed by atoms with van der Waals surface area (Å²) in [5.74, 6) is -5.36. The summed E-state index contributed by atoms with van der Waals surface area (Å²) >= 11 is 0. The van der Waals surface area contributed by atoms with Crippen molar-refractivity contribution < 1.29 is 59.7 Å². The molecule has 0 radical (unpaired) electrons. The van der Waals surface area contributed by atoms with Crippen LogP contribution in [-0.4, -0.2) is 54.4 Å². The lowest BCUT2D eigenvalue weighted by atomic mass is 9.99. The predicted octanol–water partition coefficient (Wildman–Crippen LogP) is 7.23. The topological polar surface area (TPSA) is 151 Å². The highest BCUT2D eigenvalue weighted by Crippen LogP contribution is 2.38. The number of carbonyl (C=O) groups excluding carboxylic acids is 3. The van der Waals surface area contributed by atoms with E-state index in [1.54, 1.807) is 30.3 Å². The van der Waals surface area contributed by atoms with Gasteiger partial charge in [0.1, 0.15) is 11.9 Å². The van der Waals surface area contributed by atoms with Gasteiger partial charge in [-0.1, -0.05) is 31.2 Å². The highest BCUT2D eigenvalue weighted by molar-refractivity contribution is 6.08. The molecule has 0 fully saturated rings. The van der Waals surface area contributed by atoms with Gasteiger partial charge in [-0.3, -0.25) is 9.78 Å². The molecule has 4 aromatic rings. The number of hydrogen-bond acceptors (Lipinski definition) is 10. The van der Waals surface area contributed by atoms with E-state index in [2.05, 4.69) is 20.4 Å². The first-order chi connectivity index (χ1) is 25.0. The molecule has 2 atom stereocenters. The lowest BCUT2D eigenvalue weighted by molar-refractivity contribution is -0.206. The van der Waals surface area contributed by atoms with Gasteiger partial charge in [0.15, 0.2) is 11.5 Å². The summed E-state index contributed by atoms with van der Waals surface area (Å²) in [5, 5.41) is 6.90. The van der Waals surface area contributed by atoms with Crippen molar-refractivity contribution in [1.29, 1.82) is 0 Å². The van der Waals surface area contributed by atoms with E-state index in [0.29, 0.717) is 59.0 Å². The molecule has 0 aliphatic carbocycles. The zero-order chi connectivity index (χ0) is 39.1. The molecule has 11 nitrogen and oxygen atoms in total. The molecule has 1 amide bonds. The Balaban J connectivity index is 1.66. The minimum absolute atomic E-state index is 0.0250. The third-order valence-corrected chi connectivity index (χ3v) is 7.87. The standard InChI is InChI=1S/C36H36F6N4O7/c1-5-23-21(17-44-19(4)31(53-34(49)36(40,41)42)20-11-13-22(14-12-20)52-33(48)35(37,38)39)9-8-10-26(23)46-30-24-15-28(50-6-2)29(51-7-3)16-27(24)45-18-25(30)32(43)47/h8-16,18-19,31,44H,5-7,17H2,1-4H3,(H2,43,47)(H,45,46)/t19-,31-/m1/s1. The van der Waals surface area contributed by atoms with Crippen LogP contribution in [0.25, 0.3) is 10.9 Å². The third-order valence-electron chi connectivity index (χ3n) is 7.87. The van der Waals surface area contributed by atoms with Crippen LogP contribution in [0.5, 0.6) is 17.2 Å². The second-order valence-electron chi connectivity index (χ2n) is 11.5. The molecular weight excluding hydrogens is 714 g/mol.